The number of rotatable bonds is 1. The maximum atomic E-state index is 11.2. The van der Waals surface area contributed by atoms with Gasteiger partial charge in [-0.2, -0.15) is 5.06 Å². The third-order valence-corrected chi connectivity index (χ3v) is 1.53. The monoisotopic (exact) mass is 186 g/mol. The van der Waals surface area contributed by atoms with Crippen LogP contribution in [-0.4, -0.2) is 35.4 Å². The van der Waals surface area contributed by atoms with Crippen molar-refractivity contribution in [1.29, 1.82) is 0 Å². The number of hydroxylamine groups is 2. The molecule has 6 nitrogen and oxygen atoms in total. The molecule has 13 heavy (non-hydrogen) atoms. The SMILES string of the molecule is CC(=O)NC1CON(C(C)=O)C1=O. The molecule has 1 aliphatic heterocycles. The van der Waals surface area contributed by atoms with Gasteiger partial charge in [-0.3, -0.25) is 19.2 Å². The molecule has 0 aromatic carbocycles. The second-order valence-electron chi connectivity index (χ2n) is 2.70. The molecular weight excluding hydrogens is 176 g/mol. The average Bonchev–Trinajstić information content (AvgIpc) is 2.32. The average molecular weight is 186 g/mol. The van der Waals surface area contributed by atoms with Gasteiger partial charge in [0.15, 0.2) is 0 Å². The van der Waals surface area contributed by atoms with Crippen LogP contribution < -0.4 is 5.32 Å². The summed E-state index contributed by atoms with van der Waals surface area (Å²) in [4.78, 5) is 37.4. The van der Waals surface area contributed by atoms with E-state index in [0.717, 1.165) is 0 Å². The number of hydrogen-bond donors (Lipinski definition) is 1. The molecule has 1 heterocycles. The molecule has 1 rings (SSSR count). The highest BCUT2D eigenvalue weighted by Gasteiger charge is 2.36. The van der Waals surface area contributed by atoms with Gasteiger partial charge in [-0.15, -0.1) is 0 Å². The lowest BCUT2D eigenvalue weighted by Crippen LogP contribution is -2.42. The van der Waals surface area contributed by atoms with Crippen molar-refractivity contribution in [2.75, 3.05) is 6.61 Å². The van der Waals surface area contributed by atoms with Crippen LogP contribution >= 0.6 is 0 Å². The van der Waals surface area contributed by atoms with Gasteiger partial charge in [0.1, 0.15) is 12.6 Å². The predicted octanol–water partition coefficient (Wildman–Crippen LogP) is -1.19. The molecule has 1 N–H and O–H groups in total. The molecule has 1 fully saturated rings. The number of nitrogens with one attached hydrogen (secondary N) is 1. The summed E-state index contributed by atoms with van der Waals surface area (Å²) in [6.45, 7) is 2.52. The van der Waals surface area contributed by atoms with Crippen molar-refractivity contribution in [2.24, 2.45) is 0 Å². The summed E-state index contributed by atoms with van der Waals surface area (Å²) < 4.78 is 0. The van der Waals surface area contributed by atoms with E-state index in [2.05, 4.69) is 5.32 Å². The van der Waals surface area contributed by atoms with Crippen molar-refractivity contribution in [3.05, 3.63) is 0 Å². The lowest BCUT2D eigenvalue weighted by molar-refractivity contribution is -0.176. The second-order valence-corrected chi connectivity index (χ2v) is 2.70. The van der Waals surface area contributed by atoms with E-state index in [1.54, 1.807) is 0 Å². The Balaban J connectivity index is 2.60. The normalized spacial score (nSPS) is 21.8. The van der Waals surface area contributed by atoms with Gasteiger partial charge < -0.3 is 5.32 Å². The molecule has 0 radical (unpaired) electrons. The topological polar surface area (TPSA) is 75.7 Å². The largest absolute Gasteiger partial charge is 0.342 e. The summed E-state index contributed by atoms with van der Waals surface area (Å²) in [5.74, 6) is -1.34. The maximum Gasteiger partial charge on any atom is 0.278 e. The van der Waals surface area contributed by atoms with Gasteiger partial charge in [-0.1, -0.05) is 0 Å². The van der Waals surface area contributed by atoms with Crippen molar-refractivity contribution >= 4 is 17.7 Å². The zero-order chi connectivity index (χ0) is 10.0. The first-order valence-corrected chi connectivity index (χ1v) is 3.77. The van der Waals surface area contributed by atoms with Crippen LogP contribution in [0.3, 0.4) is 0 Å². The summed E-state index contributed by atoms with van der Waals surface area (Å²) in [6, 6.07) is -0.735. The first-order chi connectivity index (χ1) is 6.02. The summed E-state index contributed by atoms with van der Waals surface area (Å²) in [6.07, 6.45) is 0. The molecule has 0 aromatic rings. The zero-order valence-corrected chi connectivity index (χ0v) is 7.36. The predicted molar refractivity (Wildman–Crippen MR) is 41.1 cm³/mol. The third kappa shape index (κ3) is 2.03. The molecule has 1 unspecified atom stereocenters. The standard InChI is InChI=1S/C7H10N2O4/c1-4(10)8-6-3-13-9(5(2)11)7(6)12/h6H,3H2,1-2H3,(H,8,10). The van der Waals surface area contributed by atoms with E-state index in [1.807, 2.05) is 0 Å². The molecular formula is C7H10N2O4. The molecule has 1 aliphatic rings. The zero-order valence-electron chi connectivity index (χ0n) is 7.36. The number of carbonyl (C=O) groups excluding carboxylic acids is 3. The minimum atomic E-state index is -0.735. The molecule has 3 amide bonds. The van der Waals surface area contributed by atoms with Crippen molar-refractivity contribution in [3.63, 3.8) is 0 Å². The highest BCUT2D eigenvalue weighted by atomic mass is 16.7. The van der Waals surface area contributed by atoms with Crippen LogP contribution in [0.5, 0.6) is 0 Å². The molecule has 0 aliphatic carbocycles. The van der Waals surface area contributed by atoms with E-state index < -0.39 is 17.9 Å². The quantitative estimate of drug-likeness (QED) is 0.558. The summed E-state index contributed by atoms with van der Waals surface area (Å²) in [5, 5.41) is 3.02. The van der Waals surface area contributed by atoms with Gasteiger partial charge in [0.25, 0.3) is 5.91 Å². The molecule has 1 atom stereocenters. The summed E-state index contributed by atoms with van der Waals surface area (Å²) in [5.41, 5.74) is 0. The number of hydrogen-bond acceptors (Lipinski definition) is 4. The lowest BCUT2D eigenvalue weighted by Gasteiger charge is -2.08. The van der Waals surface area contributed by atoms with Gasteiger partial charge in [-0.05, 0) is 0 Å². The van der Waals surface area contributed by atoms with Gasteiger partial charge in [0, 0.05) is 13.8 Å². The van der Waals surface area contributed by atoms with Crippen LogP contribution in [-0.2, 0) is 19.2 Å². The number of nitrogens with zero attached hydrogens (tertiary/aromatic N) is 1. The molecule has 1 saturated heterocycles. The fourth-order valence-corrected chi connectivity index (χ4v) is 1.02. The van der Waals surface area contributed by atoms with Crippen LogP contribution in [0, 0.1) is 0 Å². The Morgan fingerprint density at radius 2 is 2.15 bits per heavy atom. The van der Waals surface area contributed by atoms with Gasteiger partial charge in [-0.25, -0.2) is 0 Å². The van der Waals surface area contributed by atoms with Crippen LogP contribution in [0.2, 0.25) is 0 Å². The van der Waals surface area contributed by atoms with Crippen molar-refractivity contribution in [1.82, 2.24) is 10.4 Å². The summed E-state index contributed by atoms with van der Waals surface area (Å²) >= 11 is 0. The Bertz CT molecular complexity index is 263. The van der Waals surface area contributed by atoms with E-state index in [-0.39, 0.29) is 12.5 Å². The maximum absolute atomic E-state index is 11.2. The number of carbonyl (C=O) groups is 3. The van der Waals surface area contributed by atoms with Crippen LogP contribution in [0.4, 0.5) is 0 Å². The molecule has 0 spiro atoms. The van der Waals surface area contributed by atoms with Crippen LogP contribution in [0.1, 0.15) is 13.8 Å². The van der Waals surface area contributed by atoms with E-state index in [9.17, 15) is 14.4 Å². The van der Waals surface area contributed by atoms with Crippen molar-refractivity contribution < 1.29 is 19.2 Å². The molecule has 0 aromatic heterocycles. The summed E-state index contributed by atoms with van der Waals surface area (Å²) in [7, 11) is 0. The fraction of sp³-hybridized carbons (Fsp3) is 0.571. The van der Waals surface area contributed by atoms with Crippen molar-refractivity contribution in [3.8, 4) is 0 Å². The number of imide groups is 1. The van der Waals surface area contributed by atoms with Gasteiger partial charge in [0.05, 0.1) is 0 Å². The highest BCUT2D eigenvalue weighted by Crippen LogP contribution is 2.07. The second kappa shape index (κ2) is 3.53. The molecule has 0 bridgehead atoms. The van der Waals surface area contributed by atoms with Crippen LogP contribution in [0.25, 0.3) is 0 Å². The Hall–Kier alpha value is -1.43. The Morgan fingerprint density at radius 3 is 2.54 bits per heavy atom. The fourth-order valence-electron chi connectivity index (χ4n) is 1.02. The molecule has 0 saturated carbocycles. The van der Waals surface area contributed by atoms with E-state index in [1.165, 1.54) is 13.8 Å². The van der Waals surface area contributed by atoms with Crippen LogP contribution in [0.15, 0.2) is 0 Å². The third-order valence-electron chi connectivity index (χ3n) is 1.53. The van der Waals surface area contributed by atoms with Gasteiger partial charge >= 0.3 is 0 Å². The Labute approximate surface area is 74.8 Å². The molecule has 72 valence electrons. The Morgan fingerprint density at radius 1 is 1.54 bits per heavy atom. The van der Waals surface area contributed by atoms with Crippen molar-refractivity contribution in [2.45, 2.75) is 19.9 Å². The minimum absolute atomic E-state index is 0.0119. The van der Waals surface area contributed by atoms with E-state index >= 15 is 0 Å². The minimum Gasteiger partial charge on any atom is -0.342 e. The Kier molecular flexibility index (Phi) is 2.62. The smallest absolute Gasteiger partial charge is 0.278 e. The highest BCUT2D eigenvalue weighted by molar-refractivity contribution is 5.98. The lowest BCUT2D eigenvalue weighted by atomic mass is 10.3. The first-order valence-electron chi connectivity index (χ1n) is 3.77. The van der Waals surface area contributed by atoms with E-state index in [0.29, 0.717) is 5.06 Å². The first kappa shape index (κ1) is 9.66. The van der Waals surface area contributed by atoms with E-state index in [4.69, 9.17) is 4.84 Å². The molecule has 6 heteroatoms. The van der Waals surface area contributed by atoms with Gasteiger partial charge in [0.2, 0.25) is 11.8 Å². The number of amides is 3.